The third kappa shape index (κ3) is 5.71. The van der Waals surface area contributed by atoms with Crippen LogP contribution in [0.4, 0.5) is 0 Å². The van der Waals surface area contributed by atoms with Crippen molar-refractivity contribution in [1.29, 1.82) is 0 Å². The largest absolute Gasteiger partial charge is 0.503 e. The molecule has 1 aliphatic heterocycles. The molecule has 0 spiro atoms. The molecule has 1 aliphatic rings. The number of methoxy groups -OCH3 is 1. The Labute approximate surface area is 243 Å². The first kappa shape index (κ1) is 29.2. The number of hydrogen-bond acceptors (Lipinski definition) is 9. The van der Waals surface area contributed by atoms with Gasteiger partial charge in [0.15, 0.2) is 27.8 Å². The third-order valence-electron chi connectivity index (χ3n) is 6.03. The van der Waals surface area contributed by atoms with E-state index < -0.39 is 12.0 Å². The van der Waals surface area contributed by atoms with E-state index in [1.54, 1.807) is 56.3 Å². The second kappa shape index (κ2) is 12.6. The van der Waals surface area contributed by atoms with Gasteiger partial charge in [-0.2, -0.15) is 0 Å². The number of rotatable bonds is 10. The van der Waals surface area contributed by atoms with Gasteiger partial charge in [0.25, 0.3) is 5.56 Å². The number of phenolic OH excluding ortho intramolecular Hbond substituents is 1. The molecule has 11 heteroatoms. The second-order valence-electron chi connectivity index (χ2n) is 8.59. The van der Waals surface area contributed by atoms with Crippen molar-refractivity contribution in [3.63, 3.8) is 0 Å². The zero-order valence-corrected chi connectivity index (χ0v) is 24.9. The number of aromatic hydroxyl groups is 1. The Hall–Kier alpha value is -3.83. The van der Waals surface area contributed by atoms with Gasteiger partial charge in [0, 0.05) is 0 Å². The number of ether oxygens (including phenoxy) is 4. The van der Waals surface area contributed by atoms with Crippen LogP contribution in [0.15, 0.2) is 68.5 Å². The number of phenols is 1. The highest BCUT2D eigenvalue weighted by atomic mass is 79.9. The molecule has 1 atom stereocenters. The van der Waals surface area contributed by atoms with Gasteiger partial charge < -0.3 is 24.1 Å². The van der Waals surface area contributed by atoms with Crippen LogP contribution in [0.5, 0.6) is 23.0 Å². The number of halogens is 1. The lowest BCUT2D eigenvalue weighted by atomic mass is 9.95. The van der Waals surface area contributed by atoms with Crippen molar-refractivity contribution in [2.75, 3.05) is 26.9 Å². The van der Waals surface area contributed by atoms with E-state index in [1.165, 1.54) is 23.0 Å². The summed E-state index contributed by atoms with van der Waals surface area (Å²) in [5, 5.41) is 10.2. The number of carbonyl (C=O) groups excluding carboxylic acids is 1. The predicted octanol–water partition coefficient (Wildman–Crippen LogP) is 4.24. The molecule has 1 unspecified atom stereocenters. The van der Waals surface area contributed by atoms with E-state index in [2.05, 4.69) is 27.5 Å². The summed E-state index contributed by atoms with van der Waals surface area (Å²) in [6, 6.07) is 7.80. The molecular weight excluding hydrogens is 600 g/mol. The summed E-state index contributed by atoms with van der Waals surface area (Å²) in [4.78, 5) is 32.2. The van der Waals surface area contributed by atoms with Crippen molar-refractivity contribution in [2.45, 2.75) is 26.8 Å². The molecule has 1 aromatic heterocycles. The minimum Gasteiger partial charge on any atom is -0.503 e. The van der Waals surface area contributed by atoms with E-state index in [1.807, 2.05) is 6.92 Å². The van der Waals surface area contributed by atoms with E-state index in [0.29, 0.717) is 55.3 Å². The third-order valence-corrected chi connectivity index (χ3v) is 7.61. The highest BCUT2D eigenvalue weighted by Gasteiger charge is 2.34. The molecule has 0 fully saturated rings. The van der Waals surface area contributed by atoms with Crippen LogP contribution >= 0.6 is 27.3 Å². The smallest absolute Gasteiger partial charge is 0.338 e. The minimum absolute atomic E-state index is 0.0403. The molecule has 0 bridgehead atoms. The lowest BCUT2D eigenvalue weighted by Gasteiger charge is -2.25. The minimum atomic E-state index is -0.814. The molecule has 9 nitrogen and oxygen atoms in total. The average Bonchev–Trinajstić information content (AvgIpc) is 3.23. The molecule has 0 amide bonds. The molecule has 2 heterocycles. The number of esters is 1. The second-order valence-corrected chi connectivity index (χ2v) is 10.5. The summed E-state index contributed by atoms with van der Waals surface area (Å²) in [7, 11) is 1.45. The van der Waals surface area contributed by atoms with Crippen molar-refractivity contribution in [3.05, 3.63) is 89.5 Å². The van der Waals surface area contributed by atoms with Crippen LogP contribution < -0.4 is 29.1 Å². The van der Waals surface area contributed by atoms with Crippen molar-refractivity contribution < 1.29 is 28.8 Å². The molecule has 210 valence electrons. The quantitative estimate of drug-likeness (QED) is 0.264. The first-order valence-electron chi connectivity index (χ1n) is 12.5. The summed E-state index contributed by atoms with van der Waals surface area (Å²) in [6.07, 6.45) is 3.32. The fourth-order valence-corrected chi connectivity index (χ4v) is 5.83. The Bertz CT molecular complexity index is 1670. The lowest BCUT2D eigenvalue weighted by molar-refractivity contribution is -0.139. The average molecular weight is 630 g/mol. The van der Waals surface area contributed by atoms with Gasteiger partial charge in [-0.05, 0) is 78.2 Å². The Balaban J connectivity index is 1.95. The van der Waals surface area contributed by atoms with E-state index in [0.717, 1.165) is 0 Å². The van der Waals surface area contributed by atoms with Crippen LogP contribution in [-0.2, 0) is 9.53 Å². The number of allylic oxidation sites excluding steroid dienone is 1. The molecule has 4 rings (SSSR count). The molecule has 0 saturated carbocycles. The van der Waals surface area contributed by atoms with Gasteiger partial charge in [0.2, 0.25) is 0 Å². The maximum absolute atomic E-state index is 13.9. The molecule has 0 saturated heterocycles. The number of aromatic nitrogens is 1. The van der Waals surface area contributed by atoms with Crippen LogP contribution in [-0.4, -0.2) is 42.6 Å². The van der Waals surface area contributed by atoms with E-state index in [-0.39, 0.29) is 29.2 Å². The number of thiazole rings is 1. The number of fused-ring (bicyclic) bond motifs is 1. The summed E-state index contributed by atoms with van der Waals surface area (Å²) >= 11 is 4.51. The molecule has 2 aromatic carbocycles. The van der Waals surface area contributed by atoms with Crippen molar-refractivity contribution in [3.8, 4) is 23.0 Å². The lowest BCUT2D eigenvalue weighted by Crippen LogP contribution is -2.40. The Morgan fingerprint density at radius 3 is 2.62 bits per heavy atom. The van der Waals surface area contributed by atoms with Crippen molar-refractivity contribution >= 4 is 39.3 Å². The van der Waals surface area contributed by atoms with Gasteiger partial charge in [-0.15, -0.1) is 0 Å². The predicted molar refractivity (Wildman–Crippen MR) is 156 cm³/mol. The molecule has 0 aliphatic carbocycles. The number of hydrogen-bond donors (Lipinski definition) is 1. The summed E-state index contributed by atoms with van der Waals surface area (Å²) < 4.78 is 24.5. The van der Waals surface area contributed by atoms with Crippen LogP contribution in [0.3, 0.4) is 0 Å². The summed E-state index contributed by atoms with van der Waals surface area (Å²) in [5.74, 6) is 0.654. The van der Waals surface area contributed by atoms with Gasteiger partial charge in [0.1, 0.15) is 6.61 Å². The Morgan fingerprint density at radius 1 is 1.18 bits per heavy atom. The topological polar surface area (TPSA) is 109 Å². The normalized spacial score (nSPS) is 14.8. The van der Waals surface area contributed by atoms with E-state index in [9.17, 15) is 14.7 Å². The number of benzene rings is 2. The molecule has 0 radical (unpaired) electrons. The monoisotopic (exact) mass is 628 g/mol. The van der Waals surface area contributed by atoms with Crippen LogP contribution in [0.25, 0.3) is 6.08 Å². The molecule has 3 aromatic rings. The fourth-order valence-electron chi connectivity index (χ4n) is 4.32. The van der Waals surface area contributed by atoms with Crippen molar-refractivity contribution in [1.82, 2.24) is 4.57 Å². The van der Waals surface area contributed by atoms with E-state index >= 15 is 0 Å². The molecule has 40 heavy (non-hydrogen) atoms. The summed E-state index contributed by atoms with van der Waals surface area (Å²) in [6.45, 7) is 9.85. The van der Waals surface area contributed by atoms with Gasteiger partial charge in [-0.3, -0.25) is 9.36 Å². The van der Waals surface area contributed by atoms with Gasteiger partial charge in [-0.25, -0.2) is 9.79 Å². The summed E-state index contributed by atoms with van der Waals surface area (Å²) in [5.41, 5.74) is 1.64. The molecule has 1 N–H and O–H groups in total. The van der Waals surface area contributed by atoms with E-state index in [4.69, 9.17) is 18.9 Å². The first-order valence-corrected chi connectivity index (χ1v) is 14.1. The van der Waals surface area contributed by atoms with Crippen molar-refractivity contribution in [2.24, 2.45) is 4.99 Å². The molecular formula is C29H29BrN2O7S. The van der Waals surface area contributed by atoms with Gasteiger partial charge in [0.05, 0.1) is 46.6 Å². The zero-order valence-electron chi connectivity index (χ0n) is 22.5. The van der Waals surface area contributed by atoms with Gasteiger partial charge >= 0.3 is 5.97 Å². The SMILES string of the molecule is C=CCOc1ccc(C2C(C(=O)OCC)=C(C)N=c3sc(=Cc4cc(Br)c(O)c(OC)c4)c(=O)n32)cc1OCC. The van der Waals surface area contributed by atoms with Crippen LogP contribution in [0.1, 0.15) is 37.9 Å². The maximum Gasteiger partial charge on any atom is 0.338 e. The number of carbonyl (C=O) groups is 1. The maximum atomic E-state index is 13.9. The Kier molecular flexibility index (Phi) is 9.16. The van der Waals surface area contributed by atoms with Crippen LogP contribution in [0, 0.1) is 0 Å². The Morgan fingerprint density at radius 2 is 1.95 bits per heavy atom. The van der Waals surface area contributed by atoms with Gasteiger partial charge in [-0.1, -0.05) is 30.1 Å². The standard InChI is InChI=1S/C29H29BrN2O7S/c1-6-11-39-20-10-9-18(15-21(20)37-7-2)25-24(28(35)38-8-3)16(4)31-29-32(25)27(34)23(40-29)14-17-12-19(30)26(33)22(13-17)36-5/h6,9-10,12-15,25,33H,1,7-8,11H2,2-5H3. The van der Waals surface area contributed by atoms with Crippen LogP contribution in [0.2, 0.25) is 0 Å². The first-order chi connectivity index (χ1) is 19.2. The number of nitrogens with zero attached hydrogens (tertiary/aromatic N) is 2. The zero-order chi connectivity index (χ0) is 29.0. The highest BCUT2D eigenvalue weighted by molar-refractivity contribution is 9.10. The highest BCUT2D eigenvalue weighted by Crippen LogP contribution is 2.37. The fraction of sp³-hybridized carbons (Fsp3) is 0.276.